The van der Waals surface area contributed by atoms with Crippen LogP contribution in [0.4, 0.5) is 0 Å². The predicted octanol–water partition coefficient (Wildman–Crippen LogP) is 5.49. The highest BCUT2D eigenvalue weighted by Crippen LogP contribution is 2.39. The number of fused-ring (bicyclic) bond motifs is 5. The summed E-state index contributed by atoms with van der Waals surface area (Å²) in [4.78, 5) is 31.4. The fourth-order valence-electron chi connectivity index (χ4n) is 4.14. The lowest BCUT2D eigenvalue weighted by Crippen LogP contribution is -2.13. The van der Waals surface area contributed by atoms with E-state index in [4.69, 9.17) is 16.7 Å². The van der Waals surface area contributed by atoms with E-state index in [9.17, 15) is 9.59 Å². The molecule has 152 valence electrons. The number of nitrogens with zero attached hydrogens (tertiary/aromatic N) is 3. The zero-order valence-electron chi connectivity index (χ0n) is 16.6. The minimum Gasteiger partial charge on any atom is -0.288 e. The van der Waals surface area contributed by atoms with Gasteiger partial charge in [-0.1, -0.05) is 66.2 Å². The molecule has 5 nitrogen and oxygen atoms in total. The van der Waals surface area contributed by atoms with Crippen molar-refractivity contribution in [3.8, 4) is 22.5 Å². The highest BCUT2D eigenvalue weighted by atomic mass is 35.5. The van der Waals surface area contributed by atoms with Crippen molar-refractivity contribution in [1.82, 2.24) is 14.6 Å². The monoisotopic (exact) mass is 435 g/mol. The molecule has 32 heavy (non-hydrogen) atoms. The van der Waals surface area contributed by atoms with Gasteiger partial charge in [-0.05, 0) is 24.3 Å². The summed E-state index contributed by atoms with van der Waals surface area (Å²) in [5, 5.41) is 5.28. The van der Waals surface area contributed by atoms with E-state index in [1.54, 1.807) is 34.8 Å². The lowest BCUT2D eigenvalue weighted by Gasteiger charge is -2.09. The molecule has 0 fully saturated rings. The first-order valence-corrected chi connectivity index (χ1v) is 10.4. The van der Waals surface area contributed by atoms with Crippen LogP contribution in [-0.2, 0) is 0 Å². The Morgan fingerprint density at radius 2 is 1.53 bits per heavy atom. The molecule has 2 aromatic heterocycles. The van der Waals surface area contributed by atoms with Crippen molar-refractivity contribution in [2.24, 2.45) is 0 Å². The molecule has 6 rings (SSSR count). The summed E-state index contributed by atoms with van der Waals surface area (Å²) >= 11 is 5.99. The smallest absolute Gasteiger partial charge is 0.212 e. The third-order valence-corrected chi connectivity index (χ3v) is 5.90. The molecular formula is C26H14ClN3O2. The van der Waals surface area contributed by atoms with E-state index in [-0.39, 0.29) is 22.8 Å². The van der Waals surface area contributed by atoms with Gasteiger partial charge < -0.3 is 0 Å². The van der Waals surface area contributed by atoms with Crippen LogP contribution in [0.15, 0.2) is 84.9 Å². The number of halogens is 1. The van der Waals surface area contributed by atoms with E-state index in [1.165, 1.54) is 0 Å². The van der Waals surface area contributed by atoms with Gasteiger partial charge >= 0.3 is 0 Å². The highest BCUT2D eigenvalue weighted by Gasteiger charge is 2.35. The van der Waals surface area contributed by atoms with Crippen LogP contribution < -0.4 is 0 Å². The van der Waals surface area contributed by atoms with E-state index < -0.39 is 0 Å². The van der Waals surface area contributed by atoms with Crippen LogP contribution in [0.25, 0.3) is 28.2 Å². The van der Waals surface area contributed by atoms with Gasteiger partial charge in [-0.3, -0.25) is 9.59 Å². The summed E-state index contributed by atoms with van der Waals surface area (Å²) in [5.74, 6) is -0.553. The fraction of sp³-hybridized carbons (Fsp3) is 0. The second kappa shape index (κ2) is 6.97. The highest BCUT2D eigenvalue weighted by molar-refractivity contribution is 6.31. The third kappa shape index (κ3) is 2.72. The van der Waals surface area contributed by atoms with Gasteiger partial charge in [0.1, 0.15) is 5.69 Å². The van der Waals surface area contributed by atoms with Crippen molar-refractivity contribution in [1.29, 1.82) is 0 Å². The summed E-state index contributed by atoms with van der Waals surface area (Å²) in [6, 6.07) is 25.5. The molecule has 0 amide bonds. The van der Waals surface area contributed by atoms with Crippen LogP contribution in [0.3, 0.4) is 0 Å². The standard InChI is InChI=1S/C26H14ClN3O2/c27-17-12-10-16(11-13-17)25(31)23-22-24(18-8-4-5-9-19(18)26(22)32)30-21(28-23)14-20(29-30)15-6-2-1-3-7-15/h1-14H. The predicted molar refractivity (Wildman–Crippen MR) is 122 cm³/mol. The molecule has 1 aliphatic rings. The van der Waals surface area contributed by atoms with Gasteiger partial charge in [0.2, 0.25) is 5.78 Å². The number of benzene rings is 3. The van der Waals surface area contributed by atoms with Gasteiger partial charge in [-0.15, -0.1) is 0 Å². The Balaban J connectivity index is 1.65. The van der Waals surface area contributed by atoms with Crippen LogP contribution in [0.2, 0.25) is 5.02 Å². The van der Waals surface area contributed by atoms with E-state index in [2.05, 4.69) is 4.98 Å². The molecule has 0 unspecified atom stereocenters. The van der Waals surface area contributed by atoms with Gasteiger partial charge in [0, 0.05) is 33.3 Å². The van der Waals surface area contributed by atoms with Gasteiger partial charge in [-0.2, -0.15) is 5.10 Å². The van der Waals surface area contributed by atoms with Gasteiger partial charge in [-0.25, -0.2) is 9.50 Å². The molecule has 0 aliphatic heterocycles. The zero-order valence-corrected chi connectivity index (χ0v) is 17.4. The van der Waals surface area contributed by atoms with Crippen LogP contribution in [0, 0.1) is 0 Å². The van der Waals surface area contributed by atoms with Crippen LogP contribution >= 0.6 is 11.6 Å². The maximum Gasteiger partial charge on any atom is 0.212 e. The molecule has 0 spiro atoms. The molecular weight excluding hydrogens is 422 g/mol. The first-order valence-electron chi connectivity index (χ1n) is 10.1. The molecule has 6 heteroatoms. The molecule has 0 N–H and O–H groups in total. The van der Waals surface area contributed by atoms with E-state index in [0.717, 1.165) is 11.1 Å². The number of ketones is 2. The SMILES string of the molecule is O=C(c1ccc(Cl)cc1)c1nc2cc(-c3ccccc3)nn2c2c1C(=O)c1ccccc1-2. The molecule has 0 radical (unpaired) electrons. The minimum atomic E-state index is -0.330. The molecule has 2 heterocycles. The van der Waals surface area contributed by atoms with Crippen LogP contribution in [0.5, 0.6) is 0 Å². The molecule has 0 saturated heterocycles. The maximum atomic E-state index is 13.4. The number of hydrogen-bond acceptors (Lipinski definition) is 4. The Bertz CT molecular complexity index is 1550. The van der Waals surface area contributed by atoms with Gasteiger partial charge in [0.15, 0.2) is 11.4 Å². The normalized spacial score (nSPS) is 12.1. The van der Waals surface area contributed by atoms with Gasteiger partial charge in [0.25, 0.3) is 0 Å². The zero-order chi connectivity index (χ0) is 21.8. The summed E-state index contributed by atoms with van der Waals surface area (Å²) in [6.45, 7) is 0. The summed E-state index contributed by atoms with van der Waals surface area (Å²) in [5.41, 5.74) is 4.84. The number of aromatic nitrogens is 3. The molecule has 0 saturated carbocycles. The van der Waals surface area contributed by atoms with Gasteiger partial charge in [0.05, 0.1) is 17.0 Å². The molecule has 0 atom stereocenters. The van der Waals surface area contributed by atoms with Crippen molar-refractivity contribution in [2.45, 2.75) is 0 Å². The number of rotatable bonds is 3. The maximum absolute atomic E-state index is 13.4. The number of carbonyl (C=O) groups is 2. The van der Waals surface area contributed by atoms with Crippen molar-refractivity contribution in [2.75, 3.05) is 0 Å². The molecule has 1 aliphatic carbocycles. The lowest BCUT2D eigenvalue weighted by atomic mass is 10.0. The van der Waals surface area contributed by atoms with E-state index >= 15 is 0 Å². The van der Waals surface area contributed by atoms with Crippen LogP contribution in [0.1, 0.15) is 32.0 Å². The van der Waals surface area contributed by atoms with Crippen molar-refractivity contribution < 1.29 is 9.59 Å². The minimum absolute atomic E-state index is 0.121. The second-order valence-electron chi connectivity index (χ2n) is 7.56. The van der Waals surface area contributed by atoms with Crippen molar-refractivity contribution >= 4 is 28.8 Å². The third-order valence-electron chi connectivity index (χ3n) is 5.65. The fourth-order valence-corrected chi connectivity index (χ4v) is 4.27. The quantitative estimate of drug-likeness (QED) is 0.345. The molecule has 3 aromatic carbocycles. The Morgan fingerprint density at radius 1 is 0.844 bits per heavy atom. The molecule has 5 aromatic rings. The van der Waals surface area contributed by atoms with Crippen molar-refractivity contribution in [3.63, 3.8) is 0 Å². The van der Waals surface area contributed by atoms with Crippen LogP contribution in [-0.4, -0.2) is 26.2 Å². The summed E-state index contributed by atoms with van der Waals surface area (Å²) in [7, 11) is 0. The Labute approximate surface area is 187 Å². The Kier molecular flexibility index (Phi) is 4.06. The average Bonchev–Trinajstić information content (AvgIpc) is 3.39. The summed E-state index contributed by atoms with van der Waals surface area (Å²) in [6.07, 6.45) is 0. The Morgan fingerprint density at radius 3 is 2.28 bits per heavy atom. The number of hydrogen-bond donors (Lipinski definition) is 0. The van der Waals surface area contributed by atoms with Crippen molar-refractivity contribution in [3.05, 3.63) is 112 Å². The van der Waals surface area contributed by atoms with E-state index in [0.29, 0.717) is 33.2 Å². The van der Waals surface area contributed by atoms with E-state index in [1.807, 2.05) is 54.6 Å². The second-order valence-corrected chi connectivity index (χ2v) is 8.00. The first-order chi connectivity index (χ1) is 15.6. The topological polar surface area (TPSA) is 64.3 Å². The first kappa shape index (κ1) is 18.7. The molecule has 0 bridgehead atoms. The summed E-state index contributed by atoms with van der Waals surface area (Å²) < 4.78 is 1.67. The average molecular weight is 436 g/mol. The largest absolute Gasteiger partial charge is 0.288 e. The number of carbonyl (C=O) groups excluding carboxylic acids is 2. The lowest BCUT2D eigenvalue weighted by molar-refractivity contribution is 0.100. The Hall–Kier alpha value is -4.09.